The van der Waals surface area contributed by atoms with Crippen LogP contribution in [0.4, 0.5) is 0 Å². The summed E-state index contributed by atoms with van der Waals surface area (Å²) in [6.07, 6.45) is 8.07. The summed E-state index contributed by atoms with van der Waals surface area (Å²) >= 11 is 0. The normalized spacial score (nSPS) is 10.8. The van der Waals surface area contributed by atoms with Crippen LogP contribution in [0.15, 0.2) is 36.1 Å². The van der Waals surface area contributed by atoms with Gasteiger partial charge in [-0.25, -0.2) is 0 Å². The molecule has 0 radical (unpaired) electrons. The van der Waals surface area contributed by atoms with Gasteiger partial charge in [-0.1, -0.05) is 23.8 Å². The van der Waals surface area contributed by atoms with Crippen molar-refractivity contribution in [2.75, 3.05) is 6.61 Å². The molecule has 0 spiro atoms. The Hall–Kier alpha value is -0.980. The first kappa shape index (κ1) is 12.0. The van der Waals surface area contributed by atoms with Crippen LogP contribution in [0.25, 0.3) is 0 Å². The molecule has 0 rings (SSSR count). The van der Waals surface area contributed by atoms with E-state index in [9.17, 15) is 0 Å². The maximum absolute atomic E-state index is 5.00. The van der Waals surface area contributed by atoms with Gasteiger partial charge >= 0.3 is 0 Å². The standard InChI is InChI=1S/C12H20O/c1-5-13-10-9-12(4)8-6-7-11(2)3/h5,7,9H,1,6,8,10H2,2-4H3. The second kappa shape index (κ2) is 7.66. The molecule has 0 saturated heterocycles. The monoisotopic (exact) mass is 180 g/mol. The fourth-order valence-corrected chi connectivity index (χ4v) is 0.949. The van der Waals surface area contributed by atoms with Crippen LogP contribution in [0.1, 0.15) is 33.6 Å². The largest absolute Gasteiger partial charge is 0.498 e. The van der Waals surface area contributed by atoms with Crippen LogP contribution in [0.2, 0.25) is 0 Å². The minimum Gasteiger partial charge on any atom is -0.498 e. The van der Waals surface area contributed by atoms with Gasteiger partial charge in [-0.3, -0.25) is 0 Å². The number of rotatable bonds is 6. The van der Waals surface area contributed by atoms with Crippen molar-refractivity contribution in [1.29, 1.82) is 0 Å². The molecule has 0 atom stereocenters. The molecule has 0 bridgehead atoms. The maximum Gasteiger partial charge on any atom is 0.106 e. The minimum atomic E-state index is 0.643. The third-order valence-corrected chi connectivity index (χ3v) is 1.74. The van der Waals surface area contributed by atoms with Crippen molar-refractivity contribution in [1.82, 2.24) is 0 Å². The van der Waals surface area contributed by atoms with Gasteiger partial charge in [0.1, 0.15) is 6.61 Å². The van der Waals surface area contributed by atoms with Gasteiger partial charge in [0.25, 0.3) is 0 Å². The summed E-state index contributed by atoms with van der Waals surface area (Å²) in [4.78, 5) is 0. The van der Waals surface area contributed by atoms with Crippen molar-refractivity contribution in [3.63, 3.8) is 0 Å². The molecule has 0 aliphatic heterocycles. The molecule has 0 unspecified atom stereocenters. The maximum atomic E-state index is 5.00. The van der Waals surface area contributed by atoms with Gasteiger partial charge in [0.05, 0.1) is 6.26 Å². The van der Waals surface area contributed by atoms with Crippen molar-refractivity contribution in [2.24, 2.45) is 0 Å². The molecule has 0 N–H and O–H groups in total. The van der Waals surface area contributed by atoms with Gasteiger partial charge in [-0.15, -0.1) is 0 Å². The van der Waals surface area contributed by atoms with Crippen molar-refractivity contribution in [3.05, 3.63) is 36.1 Å². The highest BCUT2D eigenvalue weighted by atomic mass is 16.5. The second-order valence-electron chi connectivity index (χ2n) is 3.37. The zero-order valence-electron chi connectivity index (χ0n) is 8.97. The Labute approximate surface area is 81.8 Å². The average molecular weight is 180 g/mol. The van der Waals surface area contributed by atoms with Crippen LogP contribution < -0.4 is 0 Å². The van der Waals surface area contributed by atoms with Crippen LogP contribution >= 0.6 is 0 Å². The summed E-state index contributed by atoms with van der Waals surface area (Å²) in [6.45, 7) is 10.5. The van der Waals surface area contributed by atoms with Gasteiger partial charge < -0.3 is 4.74 Å². The highest BCUT2D eigenvalue weighted by molar-refractivity contribution is 5.02. The Kier molecular flexibility index (Phi) is 7.08. The van der Waals surface area contributed by atoms with E-state index in [4.69, 9.17) is 4.74 Å². The number of allylic oxidation sites excluding steroid dienone is 3. The fraction of sp³-hybridized carbons (Fsp3) is 0.500. The van der Waals surface area contributed by atoms with Crippen molar-refractivity contribution < 1.29 is 4.74 Å². The van der Waals surface area contributed by atoms with Crippen molar-refractivity contribution >= 4 is 0 Å². The van der Waals surface area contributed by atoms with Gasteiger partial charge in [-0.2, -0.15) is 0 Å². The molecular weight excluding hydrogens is 160 g/mol. The van der Waals surface area contributed by atoms with Crippen molar-refractivity contribution in [2.45, 2.75) is 33.6 Å². The molecule has 0 amide bonds. The molecule has 0 aromatic carbocycles. The summed E-state index contributed by atoms with van der Waals surface area (Å²) in [6, 6.07) is 0. The molecule has 0 heterocycles. The van der Waals surface area contributed by atoms with E-state index in [0.717, 1.165) is 12.8 Å². The molecule has 74 valence electrons. The first-order valence-electron chi connectivity index (χ1n) is 4.68. The van der Waals surface area contributed by atoms with E-state index in [2.05, 4.69) is 39.5 Å². The smallest absolute Gasteiger partial charge is 0.106 e. The number of hydrogen-bond donors (Lipinski definition) is 0. The molecule has 1 nitrogen and oxygen atoms in total. The lowest BCUT2D eigenvalue weighted by Crippen LogP contribution is -1.84. The molecule has 0 fully saturated rings. The molecular formula is C12H20O. The van der Waals surface area contributed by atoms with Gasteiger partial charge in [0.15, 0.2) is 0 Å². The Balaban J connectivity index is 3.60. The van der Waals surface area contributed by atoms with Crippen LogP contribution in [0, 0.1) is 0 Å². The van der Waals surface area contributed by atoms with E-state index >= 15 is 0 Å². The number of ether oxygens (including phenoxy) is 1. The van der Waals surface area contributed by atoms with Gasteiger partial charge in [0, 0.05) is 0 Å². The summed E-state index contributed by atoms with van der Waals surface area (Å²) in [7, 11) is 0. The lowest BCUT2D eigenvalue weighted by atomic mass is 10.1. The lowest BCUT2D eigenvalue weighted by molar-refractivity contribution is 0.290. The zero-order valence-corrected chi connectivity index (χ0v) is 8.97. The van der Waals surface area contributed by atoms with E-state index in [1.165, 1.54) is 17.4 Å². The highest BCUT2D eigenvalue weighted by Gasteiger charge is 1.87. The van der Waals surface area contributed by atoms with E-state index in [1.807, 2.05) is 0 Å². The van der Waals surface area contributed by atoms with E-state index in [-0.39, 0.29) is 0 Å². The second-order valence-corrected chi connectivity index (χ2v) is 3.37. The van der Waals surface area contributed by atoms with Crippen LogP contribution in [0.3, 0.4) is 0 Å². The molecule has 0 aromatic heterocycles. The first-order valence-corrected chi connectivity index (χ1v) is 4.68. The SMILES string of the molecule is C=COCC=C(C)CCC=C(C)C. The quantitative estimate of drug-likeness (QED) is 0.343. The summed E-state index contributed by atoms with van der Waals surface area (Å²) in [5.41, 5.74) is 2.76. The predicted molar refractivity (Wildman–Crippen MR) is 58.6 cm³/mol. The fourth-order valence-electron chi connectivity index (χ4n) is 0.949. The third-order valence-electron chi connectivity index (χ3n) is 1.74. The Morgan fingerprint density at radius 3 is 2.46 bits per heavy atom. The summed E-state index contributed by atoms with van der Waals surface area (Å²) in [5.74, 6) is 0. The van der Waals surface area contributed by atoms with Crippen molar-refractivity contribution in [3.8, 4) is 0 Å². The Morgan fingerprint density at radius 1 is 1.23 bits per heavy atom. The third kappa shape index (κ3) is 8.93. The van der Waals surface area contributed by atoms with Gasteiger partial charge in [0.2, 0.25) is 0 Å². The minimum absolute atomic E-state index is 0.643. The zero-order chi connectivity index (χ0) is 10.1. The molecule has 13 heavy (non-hydrogen) atoms. The summed E-state index contributed by atoms with van der Waals surface area (Å²) < 4.78 is 5.00. The Bertz CT molecular complexity index is 195. The molecule has 0 aliphatic carbocycles. The lowest BCUT2D eigenvalue weighted by Gasteiger charge is -1.99. The van der Waals surface area contributed by atoms with Crippen LogP contribution in [-0.2, 0) is 4.74 Å². The molecule has 1 heteroatoms. The van der Waals surface area contributed by atoms with E-state index < -0.39 is 0 Å². The highest BCUT2D eigenvalue weighted by Crippen LogP contribution is 2.06. The molecule has 0 aromatic rings. The topological polar surface area (TPSA) is 9.23 Å². The molecule has 0 aliphatic rings. The van der Waals surface area contributed by atoms with E-state index in [1.54, 1.807) is 0 Å². The predicted octanol–water partition coefficient (Wildman–Crippen LogP) is 3.84. The average Bonchev–Trinajstić information content (AvgIpc) is 2.04. The van der Waals surface area contributed by atoms with Crippen LogP contribution in [-0.4, -0.2) is 6.61 Å². The van der Waals surface area contributed by atoms with E-state index in [0.29, 0.717) is 6.61 Å². The Morgan fingerprint density at radius 2 is 1.92 bits per heavy atom. The first-order chi connectivity index (χ1) is 6.16. The number of hydrogen-bond acceptors (Lipinski definition) is 1. The molecule has 0 saturated carbocycles. The van der Waals surface area contributed by atoms with Gasteiger partial charge in [-0.05, 0) is 39.7 Å². The summed E-state index contributed by atoms with van der Waals surface area (Å²) in [5, 5.41) is 0. The van der Waals surface area contributed by atoms with Crippen LogP contribution in [0.5, 0.6) is 0 Å².